The van der Waals surface area contributed by atoms with Gasteiger partial charge in [-0.2, -0.15) is 0 Å². The molecule has 0 aromatic carbocycles. The third kappa shape index (κ3) is 4.06. The van der Waals surface area contributed by atoms with Gasteiger partial charge < -0.3 is 10.2 Å². The second-order valence-electron chi connectivity index (χ2n) is 5.23. The SMILES string of the molecule is CNc1ncc(S(=O)(=O)NCC2CCCCN2C)cc1Cl. The molecule has 6 nitrogen and oxygen atoms in total. The van der Waals surface area contributed by atoms with Crippen molar-refractivity contribution in [2.75, 3.05) is 32.5 Å². The summed E-state index contributed by atoms with van der Waals surface area (Å²) in [5, 5.41) is 3.09. The zero-order chi connectivity index (χ0) is 15.5. The maximum atomic E-state index is 12.3. The van der Waals surface area contributed by atoms with Crippen LogP contribution < -0.4 is 10.0 Å². The second kappa shape index (κ2) is 6.91. The summed E-state index contributed by atoms with van der Waals surface area (Å²) in [4.78, 5) is 6.28. The fraction of sp³-hybridized carbons (Fsp3) is 0.615. The molecule has 8 heteroatoms. The van der Waals surface area contributed by atoms with Crippen molar-refractivity contribution in [1.29, 1.82) is 0 Å². The Morgan fingerprint density at radius 2 is 2.24 bits per heavy atom. The van der Waals surface area contributed by atoms with Gasteiger partial charge >= 0.3 is 0 Å². The molecule has 1 aromatic rings. The van der Waals surface area contributed by atoms with Gasteiger partial charge in [-0.1, -0.05) is 18.0 Å². The monoisotopic (exact) mass is 332 g/mol. The van der Waals surface area contributed by atoms with Gasteiger partial charge in [-0.05, 0) is 32.5 Å². The maximum Gasteiger partial charge on any atom is 0.242 e. The molecule has 1 fully saturated rings. The van der Waals surface area contributed by atoms with Crippen LogP contribution in [0.1, 0.15) is 19.3 Å². The zero-order valence-corrected chi connectivity index (χ0v) is 13.8. The van der Waals surface area contributed by atoms with Gasteiger partial charge in [0.05, 0.1) is 5.02 Å². The predicted octanol–water partition coefficient (Wildman–Crippen LogP) is 1.54. The van der Waals surface area contributed by atoms with E-state index in [2.05, 4.69) is 19.9 Å². The number of hydrogen-bond acceptors (Lipinski definition) is 5. The predicted molar refractivity (Wildman–Crippen MR) is 84.3 cm³/mol. The molecule has 1 unspecified atom stereocenters. The van der Waals surface area contributed by atoms with Crippen LogP contribution >= 0.6 is 11.6 Å². The number of nitrogens with one attached hydrogen (secondary N) is 2. The van der Waals surface area contributed by atoms with Crippen molar-refractivity contribution in [2.45, 2.75) is 30.2 Å². The lowest BCUT2D eigenvalue weighted by molar-refractivity contribution is 0.187. The first-order valence-corrected chi connectivity index (χ1v) is 8.83. The van der Waals surface area contributed by atoms with Crippen molar-refractivity contribution >= 4 is 27.4 Å². The third-order valence-electron chi connectivity index (χ3n) is 3.79. The smallest absolute Gasteiger partial charge is 0.242 e. The fourth-order valence-corrected chi connectivity index (χ4v) is 3.81. The molecular weight excluding hydrogens is 312 g/mol. The highest BCUT2D eigenvalue weighted by Crippen LogP contribution is 2.22. The summed E-state index contributed by atoms with van der Waals surface area (Å²) in [6, 6.07) is 1.65. The fourth-order valence-electron chi connectivity index (χ4n) is 2.44. The molecule has 118 valence electrons. The molecule has 1 aliphatic heterocycles. The lowest BCUT2D eigenvalue weighted by Crippen LogP contribution is -2.44. The van der Waals surface area contributed by atoms with E-state index in [9.17, 15) is 8.42 Å². The number of sulfonamides is 1. The number of rotatable bonds is 5. The molecule has 1 aromatic heterocycles. The number of hydrogen-bond donors (Lipinski definition) is 2. The molecule has 21 heavy (non-hydrogen) atoms. The van der Waals surface area contributed by atoms with Crippen molar-refractivity contribution in [2.24, 2.45) is 0 Å². The van der Waals surface area contributed by atoms with Crippen LogP contribution in [-0.4, -0.2) is 51.5 Å². The summed E-state index contributed by atoms with van der Waals surface area (Å²) >= 11 is 5.98. The summed E-state index contributed by atoms with van der Waals surface area (Å²) in [6.07, 6.45) is 4.63. The molecule has 1 aliphatic rings. The average Bonchev–Trinajstić information content (AvgIpc) is 2.46. The molecule has 0 amide bonds. The van der Waals surface area contributed by atoms with Gasteiger partial charge in [0.1, 0.15) is 10.7 Å². The Hall–Kier alpha value is -0.890. The van der Waals surface area contributed by atoms with E-state index in [4.69, 9.17) is 11.6 Å². The number of halogens is 1. The number of pyridine rings is 1. The Morgan fingerprint density at radius 1 is 1.48 bits per heavy atom. The number of likely N-dealkylation sites (tertiary alicyclic amines) is 1. The minimum atomic E-state index is -3.58. The van der Waals surface area contributed by atoms with Crippen molar-refractivity contribution in [3.8, 4) is 0 Å². The molecule has 1 atom stereocenters. The molecule has 0 radical (unpaired) electrons. The van der Waals surface area contributed by atoms with Crippen LogP contribution in [0, 0.1) is 0 Å². The van der Waals surface area contributed by atoms with Gasteiger partial charge in [0.2, 0.25) is 10.0 Å². The summed E-state index contributed by atoms with van der Waals surface area (Å²) in [6.45, 7) is 1.42. The van der Waals surface area contributed by atoms with E-state index in [1.165, 1.54) is 18.7 Å². The lowest BCUT2D eigenvalue weighted by atomic mass is 10.0. The number of piperidine rings is 1. The highest BCUT2D eigenvalue weighted by Gasteiger charge is 2.22. The van der Waals surface area contributed by atoms with Gasteiger partial charge in [-0.3, -0.25) is 0 Å². The van der Waals surface area contributed by atoms with Crippen molar-refractivity contribution in [3.05, 3.63) is 17.3 Å². The van der Waals surface area contributed by atoms with Crippen LogP contribution in [0.2, 0.25) is 5.02 Å². The van der Waals surface area contributed by atoms with Crippen LogP contribution in [0.5, 0.6) is 0 Å². The van der Waals surface area contributed by atoms with Crippen molar-refractivity contribution in [1.82, 2.24) is 14.6 Å². The Morgan fingerprint density at radius 3 is 2.86 bits per heavy atom. The van der Waals surface area contributed by atoms with Crippen LogP contribution in [-0.2, 0) is 10.0 Å². The quantitative estimate of drug-likeness (QED) is 0.855. The topological polar surface area (TPSA) is 74.3 Å². The van der Waals surface area contributed by atoms with Crippen LogP contribution in [0.15, 0.2) is 17.2 Å². The standard InChI is InChI=1S/C13H21ClN4O2S/c1-15-13-12(14)7-11(9-16-13)21(19,20)17-8-10-5-3-4-6-18(10)2/h7,9-10,17H,3-6,8H2,1-2H3,(H,15,16). The van der Waals surface area contributed by atoms with Crippen LogP contribution in [0.3, 0.4) is 0 Å². The first-order valence-electron chi connectivity index (χ1n) is 6.97. The number of likely N-dealkylation sites (N-methyl/N-ethyl adjacent to an activating group) is 1. The van der Waals surface area contributed by atoms with E-state index < -0.39 is 10.0 Å². The molecule has 1 saturated heterocycles. The Bertz CT molecular complexity index is 594. The first-order chi connectivity index (χ1) is 9.94. The van der Waals surface area contributed by atoms with Crippen LogP contribution in [0.4, 0.5) is 5.82 Å². The van der Waals surface area contributed by atoms with Gasteiger partial charge in [-0.15, -0.1) is 0 Å². The Kier molecular flexibility index (Phi) is 5.43. The van der Waals surface area contributed by atoms with Gasteiger partial charge in [0, 0.05) is 25.8 Å². The largest absolute Gasteiger partial charge is 0.372 e. The van der Waals surface area contributed by atoms with Crippen LogP contribution in [0.25, 0.3) is 0 Å². The lowest BCUT2D eigenvalue weighted by Gasteiger charge is -2.32. The van der Waals surface area contributed by atoms with E-state index in [1.807, 2.05) is 7.05 Å². The summed E-state index contributed by atoms with van der Waals surface area (Å²) in [7, 11) is 0.124. The van der Waals surface area contributed by atoms with E-state index in [0.717, 1.165) is 19.4 Å². The molecule has 2 N–H and O–H groups in total. The molecule has 0 bridgehead atoms. The summed E-state index contributed by atoms with van der Waals surface area (Å²) in [5.41, 5.74) is 0. The van der Waals surface area contributed by atoms with Gasteiger partial charge in [0.25, 0.3) is 0 Å². The number of anilines is 1. The first kappa shape index (κ1) is 16.5. The Labute approximate surface area is 130 Å². The minimum Gasteiger partial charge on any atom is -0.372 e. The molecule has 2 heterocycles. The van der Waals surface area contributed by atoms with E-state index >= 15 is 0 Å². The van der Waals surface area contributed by atoms with E-state index in [1.54, 1.807) is 7.05 Å². The molecule has 0 aliphatic carbocycles. The van der Waals surface area contributed by atoms with Crippen molar-refractivity contribution < 1.29 is 8.42 Å². The number of nitrogens with zero attached hydrogens (tertiary/aromatic N) is 2. The summed E-state index contributed by atoms with van der Waals surface area (Å²) in [5.74, 6) is 0.461. The molecule has 0 spiro atoms. The van der Waals surface area contributed by atoms with E-state index in [-0.39, 0.29) is 16.0 Å². The minimum absolute atomic E-state index is 0.0879. The molecule has 2 rings (SSSR count). The third-order valence-corrected chi connectivity index (χ3v) is 5.47. The second-order valence-corrected chi connectivity index (χ2v) is 7.41. The zero-order valence-electron chi connectivity index (χ0n) is 12.3. The van der Waals surface area contributed by atoms with Crippen molar-refractivity contribution in [3.63, 3.8) is 0 Å². The molecular formula is C13H21ClN4O2S. The Balaban J connectivity index is 2.06. The maximum absolute atomic E-state index is 12.3. The van der Waals surface area contributed by atoms with E-state index in [0.29, 0.717) is 12.4 Å². The normalized spacial score (nSPS) is 20.4. The van der Waals surface area contributed by atoms with Gasteiger partial charge in [0.15, 0.2) is 0 Å². The molecule has 0 saturated carbocycles. The number of aromatic nitrogens is 1. The highest BCUT2D eigenvalue weighted by molar-refractivity contribution is 7.89. The summed E-state index contributed by atoms with van der Waals surface area (Å²) < 4.78 is 27.2. The highest BCUT2D eigenvalue weighted by atomic mass is 35.5. The van der Waals surface area contributed by atoms with Gasteiger partial charge in [-0.25, -0.2) is 18.1 Å². The average molecular weight is 333 g/mol.